The molecule has 150 valence electrons. The van der Waals surface area contributed by atoms with Gasteiger partial charge in [-0.05, 0) is 73.0 Å². The van der Waals surface area contributed by atoms with E-state index in [4.69, 9.17) is 17.1 Å². The van der Waals surface area contributed by atoms with Crippen molar-refractivity contribution in [2.75, 3.05) is 33.5 Å². The Bertz CT molecular complexity index is 435. The smallest absolute Gasteiger partial charge is 0.342 e. The zero-order valence-corrected chi connectivity index (χ0v) is 22.1. The van der Waals surface area contributed by atoms with Gasteiger partial charge in [0.1, 0.15) is 6.61 Å². The minimum atomic E-state index is -2.59. The molecule has 0 N–H and O–H groups in total. The minimum absolute atomic E-state index is 0.0595. The van der Waals surface area contributed by atoms with Gasteiger partial charge in [0, 0.05) is 0 Å². The minimum Gasteiger partial charge on any atom is -0.437 e. The molecule has 0 spiro atoms. The zero-order valence-electron chi connectivity index (χ0n) is 18.1. The number of carbonyl (C=O) groups excluding carboxylic acids is 1. The molecular formula is C15H39NO5Si4. The second kappa shape index (κ2) is 9.51. The normalized spacial score (nSPS) is 16.2. The first kappa shape index (κ1) is 25.3. The van der Waals surface area contributed by atoms with E-state index in [0.717, 1.165) is 0 Å². The van der Waals surface area contributed by atoms with Gasteiger partial charge in [-0.15, -0.1) is 0 Å². The Morgan fingerprint density at radius 3 is 1.68 bits per heavy atom. The number of ketones is 1. The van der Waals surface area contributed by atoms with Crippen molar-refractivity contribution in [2.45, 2.75) is 58.9 Å². The van der Waals surface area contributed by atoms with Crippen LogP contribution in [-0.2, 0) is 21.9 Å². The number of ether oxygens (including phenoxy) is 1. The second-order valence-corrected chi connectivity index (χ2v) is 25.6. The third-order valence-electron chi connectivity index (χ3n) is 2.66. The van der Waals surface area contributed by atoms with E-state index >= 15 is 0 Å². The number of likely N-dealkylation sites (N-methyl/N-ethyl adjacent to an activating group) is 1. The maximum absolute atomic E-state index is 11.9. The van der Waals surface area contributed by atoms with Crippen LogP contribution in [0.5, 0.6) is 0 Å². The summed E-state index contributed by atoms with van der Waals surface area (Å²) in [7, 11) is -4.70. The molecule has 0 amide bonds. The summed E-state index contributed by atoms with van der Waals surface area (Å²) in [6.07, 6.45) is 0.349. The number of carbonyl (C=O) groups is 1. The zero-order chi connectivity index (χ0) is 20.1. The van der Waals surface area contributed by atoms with Crippen molar-refractivity contribution < 1.29 is 21.9 Å². The van der Waals surface area contributed by atoms with Gasteiger partial charge in [-0.1, -0.05) is 0 Å². The fraction of sp³-hybridized carbons (Fsp3) is 0.933. The third kappa shape index (κ3) is 14.1. The predicted octanol–water partition coefficient (Wildman–Crippen LogP) is 3.17. The number of rotatable bonds is 12. The van der Waals surface area contributed by atoms with Gasteiger partial charge in [0.25, 0.3) is 0 Å². The molecule has 0 saturated carbocycles. The summed E-state index contributed by atoms with van der Waals surface area (Å²) < 4.78 is 24.9. The van der Waals surface area contributed by atoms with E-state index in [-0.39, 0.29) is 12.4 Å². The summed E-state index contributed by atoms with van der Waals surface area (Å²) in [5.41, 5.74) is 0. The summed E-state index contributed by atoms with van der Waals surface area (Å²) in [5.74, 6) is 0.0595. The van der Waals surface area contributed by atoms with Crippen LogP contribution in [0.25, 0.3) is 0 Å². The summed E-state index contributed by atoms with van der Waals surface area (Å²) in [5, 5.41) is 0. The average Bonchev–Trinajstić information content (AvgIpc) is 2.18. The molecule has 0 heterocycles. The van der Waals surface area contributed by atoms with Crippen LogP contribution in [0.2, 0.25) is 58.9 Å². The fourth-order valence-electron chi connectivity index (χ4n) is 2.75. The fourth-order valence-corrected chi connectivity index (χ4v) is 20.0. The van der Waals surface area contributed by atoms with Crippen molar-refractivity contribution >= 4 is 39.5 Å². The number of nitrogens with zero attached hydrogens (tertiary/aromatic N) is 1. The molecule has 0 saturated heterocycles. The molecule has 25 heavy (non-hydrogen) atoms. The number of hydrogen-bond donors (Lipinski definition) is 0. The van der Waals surface area contributed by atoms with Crippen LogP contribution in [0.15, 0.2) is 0 Å². The molecule has 1 atom stereocenters. The van der Waals surface area contributed by atoms with E-state index in [9.17, 15) is 4.79 Å². The molecule has 0 rings (SSSR count). The van der Waals surface area contributed by atoms with E-state index < -0.39 is 33.8 Å². The maximum Gasteiger partial charge on any atom is 0.342 e. The molecule has 0 aliphatic rings. The van der Waals surface area contributed by atoms with E-state index in [0.29, 0.717) is 12.8 Å². The molecule has 1 unspecified atom stereocenters. The Morgan fingerprint density at radius 2 is 1.28 bits per heavy atom. The molecule has 0 aliphatic heterocycles. The van der Waals surface area contributed by atoms with E-state index in [2.05, 4.69) is 52.4 Å². The van der Waals surface area contributed by atoms with Crippen LogP contribution >= 0.6 is 0 Å². The standard InChI is InChI=1S/C15H39NO5Si4/c1-16(2)12-15(17)13-18-14-25(11,20-23(6,7)8)21-24(9,10)19-22(3,4)5/h12-14H2,1-11H3. The van der Waals surface area contributed by atoms with Crippen LogP contribution in [0.1, 0.15) is 0 Å². The quantitative estimate of drug-likeness (QED) is 0.448. The number of Topliss-reactive ketones (excluding diaryl/α,β-unsaturated/α-hetero) is 1. The van der Waals surface area contributed by atoms with Crippen LogP contribution in [0, 0.1) is 0 Å². The molecule has 0 aromatic rings. The summed E-state index contributed by atoms with van der Waals surface area (Å²) in [6.45, 7) is 19.6. The largest absolute Gasteiger partial charge is 0.437 e. The van der Waals surface area contributed by atoms with E-state index in [1.165, 1.54) is 0 Å². The monoisotopic (exact) mass is 425 g/mol. The van der Waals surface area contributed by atoms with Gasteiger partial charge in [0.2, 0.25) is 0 Å². The maximum atomic E-state index is 11.9. The van der Waals surface area contributed by atoms with Crippen molar-refractivity contribution in [1.29, 1.82) is 0 Å². The van der Waals surface area contributed by atoms with Gasteiger partial charge < -0.3 is 22.0 Å². The highest BCUT2D eigenvalue weighted by Gasteiger charge is 2.45. The van der Waals surface area contributed by atoms with E-state index in [1.54, 1.807) is 0 Å². The van der Waals surface area contributed by atoms with Gasteiger partial charge in [0.15, 0.2) is 22.4 Å². The first-order chi connectivity index (χ1) is 10.9. The van der Waals surface area contributed by atoms with Crippen molar-refractivity contribution in [1.82, 2.24) is 4.90 Å². The molecule has 0 radical (unpaired) electrons. The van der Waals surface area contributed by atoms with Crippen LogP contribution in [0.4, 0.5) is 0 Å². The van der Waals surface area contributed by atoms with Crippen molar-refractivity contribution in [3.8, 4) is 0 Å². The molecule has 0 bridgehead atoms. The Morgan fingerprint density at radius 1 is 0.800 bits per heavy atom. The molecular weight excluding hydrogens is 387 g/mol. The van der Waals surface area contributed by atoms with Crippen LogP contribution < -0.4 is 0 Å². The van der Waals surface area contributed by atoms with Crippen molar-refractivity contribution in [3.63, 3.8) is 0 Å². The number of hydrogen-bond acceptors (Lipinski definition) is 6. The first-order valence-electron chi connectivity index (χ1n) is 8.78. The van der Waals surface area contributed by atoms with Crippen LogP contribution in [-0.4, -0.2) is 77.9 Å². The lowest BCUT2D eigenvalue weighted by molar-refractivity contribution is -0.123. The highest BCUT2D eigenvalue weighted by atomic mass is 28.5. The molecule has 6 nitrogen and oxygen atoms in total. The van der Waals surface area contributed by atoms with Gasteiger partial charge in [0.05, 0.1) is 12.8 Å². The third-order valence-corrected chi connectivity index (χ3v) is 15.7. The van der Waals surface area contributed by atoms with Gasteiger partial charge in [-0.25, -0.2) is 0 Å². The lowest BCUT2D eigenvalue weighted by atomic mass is 10.4. The Labute approximate surface area is 158 Å². The molecule has 0 aromatic heterocycles. The van der Waals surface area contributed by atoms with Crippen molar-refractivity contribution in [3.05, 3.63) is 0 Å². The summed E-state index contributed by atoms with van der Waals surface area (Å²) in [6, 6.07) is 0. The Balaban J connectivity index is 4.98. The lowest BCUT2D eigenvalue weighted by Gasteiger charge is -2.41. The topological polar surface area (TPSA) is 57.2 Å². The average molecular weight is 426 g/mol. The Hall–Kier alpha value is 0.338. The molecule has 0 aromatic carbocycles. The SMILES string of the molecule is CN(C)CC(=O)COC[Si](C)(O[Si](C)(C)C)O[Si](C)(C)O[Si](C)(C)C. The lowest BCUT2D eigenvalue weighted by Crippen LogP contribution is -2.59. The summed E-state index contributed by atoms with van der Waals surface area (Å²) >= 11 is 0. The van der Waals surface area contributed by atoms with Gasteiger partial charge >= 0.3 is 17.1 Å². The Kier molecular flexibility index (Phi) is 9.64. The van der Waals surface area contributed by atoms with Crippen molar-refractivity contribution in [2.24, 2.45) is 0 Å². The van der Waals surface area contributed by atoms with Gasteiger partial charge in [-0.2, -0.15) is 0 Å². The highest BCUT2D eigenvalue weighted by molar-refractivity contribution is 6.89. The molecule has 0 aliphatic carbocycles. The molecule has 10 heteroatoms. The van der Waals surface area contributed by atoms with Crippen LogP contribution in [0.3, 0.4) is 0 Å². The predicted molar refractivity (Wildman–Crippen MR) is 113 cm³/mol. The van der Waals surface area contributed by atoms with Gasteiger partial charge in [-0.3, -0.25) is 4.79 Å². The summed E-state index contributed by atoms with van der Waals surface area (Å²) in [4.78, 5) is 13.7. The molecule has 0 fully saturated rings. The highest BCUT2D eigenvalue weighted by Crippen LogP contribution is 2.24. The second-order valence-electron chi connectivity index (χ2n) is 9.33. The van der Waals surface area contributed by atoms with E-state index in [1.807, 2.05) is 25.5 Å². The first-order valence-corrected chi connectivity index (χ1v) is 20.9.